The number of amides is 2. The molecule has 3 rings (SSSR count). The van der Waals surface area contributed by atoms with E-state index in [1.165, 1.54) is 5.56 Å². The number of piperidine rings is 1. The van der Waals surface area contributed by atoms with Crippen LogP contribution in [0.25, 0.3) is 0 Å². The van der Waals surface area contributed by atoms with Crippen molar-refractivity contribution in [3.8, 4) is 0 Å². The topological polar surface area (TPSA) is 49.4 Å². The fourth-order valence-electron chi connectivity index (χ4n) is 3.84. The number of nitrogens with zero attached hydrogens (tertiary/aromatic N) is 1. The van der Waals surface area contributed by atoms with Crippen molar-refractivity contribution in [1.82, 2.24) is 10.2 Å². The molecule has 2 amide bonds. The predicted octanol–water partition coefficient (Wildman–Crippen LogP) is 4.72. The summed E-state index contributed by atoms with van der Waals surface area (Å²) in [6.45, 7) is 2.12. The minimum absolute atomic E-state index is 0.153. The van der Waals surface area contributed by atoms with E-state index in [4.69, 9.17) is 11.6 Å². The molecule has 1 heterocycles. The van der Waals surface area contributed by atoms with Crippen LogP contribution in [0.4, 0.5) is 0 Å². The number of carbonyl (C=O) groups excluding carboxylic acids is 2. The Balaban J connectivity index is 1.38. The highest BCUT2D eigenvalue weighted by Crippen LogP contribution is 2.19. The molecule has 1 aliphatic heterocycles. The standard InChI is InChI=1S/C24H29ClN2O2/c25-22-14-6-5-13-21(22)24(29)26-17-20-12-8-16-27(18-20)23(28)15-7-4-11-19-9-2-1-3-10-19/h1-3,5-6,9-10,13-14,20H,4,7-8,11-12,15-18H2,(H,26,29). The van der Waals surface area contributed by atoms with Crippen molar-refractivity contribution in [2.24, 2.45) is 5.92 Å². The minimum atomic E-state index is -0.153. The summed E-state index contributed by atoms with van der Waals surface area (Å²) in [7, 11) is 0. The van der Waals surface area contributed by atoms with Gasteiger partial charge < -0.3 is 10.2 Å². The smallest absolute Gasteiger partial charge is 0.252 e. The molecule has 1 aliphatic rings. The maximum atomic E-state index is 12.6. The first-order valence-electron chi connectivity index (χ1n) is 10.5. The third-order valence-corrected chi connectivity index (χ3v) is 5.82. The molecule has 0 aromatic heterocycles. The summed E-state index contributed by atoms with van der Waals surface area (Å²) >= 11 is 6.09. The Kier molecular flexibility index (Phi) is 8.12. The van der Waals surface area contributed by atoms with E-state index in [1.54, 1.807) is 18.2 Å². The Labute approximate surface area is 178 Å². The normalized spacial score (nSPS) is 16.4. The molecule has 0 radical (unpaired) electrons. The van der Waals surface area contributed by atoms with Crippen LogP contribution >= 0.6 is 11.6 Å². The molecule has 0 bridgehead atoms. The van der Waals surface area contributed by atoms with Crippen LogP contribution in [-0.4, -0.2) is 36.3 Å². The van der Waals surface area contributed by atoms with Gasteiger partial charge in [0.2, 0.25) is 5.91 Å². The van der Waals surface area contributed by atoms with E-state index in [2.05, 4.69) is 29.6 Å². The van der Waals surface area contributed by atoms with Crippen molar-refractivity contribution in [2.45, 2.75) is 38.5 Å². The van der Waals surface area contributed by atoms with Crippen molar-refractivity contribution in [1.29, 1.82) is 0 Å². The molecule has 154 valence electrons. The maximum absolute atomic E-state index is 12.6. The van der Waals surface area contributed by atoms with Gasteiger partial charge >= 0.3 is 0 Å². The molecule has 1 unspecified atom stereocenters. The molecular formula is C24H29ClN2O2. The first kappa shape index (κ1) is 21.4. The average Bonchev–Trinajstić information content (AvgIpc) is 2.76. The quantitative estimate of drug-likeness (QED) is 0.637. The highest BCUT2D eigenvalue weighted by Gasteiger charge is 2.24. The number of carbonyl (C=O) groups is 2. The average molecular weight is 413 g/mol. The van der Waals surface area contributed by atoms with E-state index in [0.29, 0.717) is 29.5 Å². The van der Waals surface area contributed by atoms with Gasteiger partial charge in [-0.25, -0.2) is 0 Å². The van der Waals surface area contributed by atoms with Crippen LogP contribution in [0.3, 0.4) is 0 Å². The lowest BCUT2D eigenvalue weighted by Crippen LogP contribution is -2.43. The number of hydrogen-bond donors (Lipinski definition) is 1. The molecule has 1 saturated heterocycles. The van der Waals surface area contributed by atoms with Gasteiger partial charge in [0.05, 0.1) is 10.6 Å². The summed E-state index contributed by atoms with van der Waals surface area (Å²) in [6.07, 6.45) is 5.58. The van der Waals surface area contributed by atoms with Crippen molar-refractivity contribution in [3.63, 3.8) is 0 Å². The van der Waals surface area contributed by atoms with Crippen LogP contribution in [-0.2, 0) is 11.2 Å². The van der Waals surface area contributed by atoms with Crippen LogP contribution in [0.1, 0.15) is 48.0 Å². The minimum Gasteiger partial charge on any atom is -0.352 e. The number of halogens is 1. The molecule has 0 spiro atoms. The molecule has 2 aromatic carbocycles. The van der Waals surface area contributed by atoms with Crippen LogP contribution in [0.15, 0.2) is 54.6 Å². The lowest BCUT2D eigenvalue weighted by molar-refractivity contribution is -0.133. The lowest BCUT2D eigenvalue weighted by Gasteiger charge is -2.33. The molecule has 5 heteroatoms. The molecule has 2 aromatic rings. The van der Waals surface area contributed by atoms with E-state index in [0.717, 1.165) is 45.2 Å². The molecule has 0 saturated carbocycles. The van der Waals surface area contributed by atoms with Gasteiger partial charge in [-0.1, -0.05) is 54.1 Å². The van der Waals surface area contributed by atoms with Gasteiger partial charge in [-0.2, -0.15) is 0 Å². The van der Waals surface area contributed by atoms with E-state index in [-0.39, 0.29) is 11.8 Å². The second-order valence-corrected chi connectivity index (χ2v) is 8.14. The molecule has 29 heavy (non-hydrogen) atoms. The number of unbranched alkanes of at least 4 members (excludes halogenated alkanes) is 1. The van der Waals surface area contributed by atoms with Crippen molar-refractivity contribution in [2.75, 3.05) is 19.6 Å². The second kappa shape index (κ2) is 11.0. The first-order valence-corrected chi connectivity index (χ1v) is 10.9. The Morgan fingerprint density at radius 3 is 2.59 bits per heavy atom. The zero-order chi connectivity index (χ0) is 20.5. The highest BCUT2D eigenvalue weighted by molar-refractivity contribution is 6.33. The predicted molar refractivity (Wildman–Crippen MR) is 117 cm³/mol. The van der Waals surface area contributed by atoms with Crippen LogP contribution in [0.2, 0.25) is 5.02 Å². The van der Waals surface area contributed by atoms with E-state index >= 15 is 0 Å². The lowest BCUT2D eigenvalue weighted by atomic mass is 9.97. The Bertz CT molecular complexity index is 810. The number of rotatable bonds is 8. The summed E-state index contributed by atoms with van der Waals surface area (Å²) in [5.41, 5.74) is 1.82. The summed E-state index contributed by atoms with van der Waals surface area (Å²) in [5.74, 6) is 0.378. The van der Waals surface area contributed by atoms with Gasteiger partial charge in [-0.3, -0.25) is 9.59 Å². The van der Waals surface area contributed by atoms with E-state index in [1.807, 2.05) is 17.0 Å². The number of nitrogens with one attached hydrogen (secondary N) is 1. The Morgan fingerprint density at radius 2 is 1.79 bits per heavy atom. The van der Waals surface area contributed by atoms with Crippen LogP contribution in [0, 0.1) is 5.92 Å². The fourth-order valence-corrected chi connectivity index (χ4v) is 4.07. The van der Waals surface area contributed by atoms with Gasteiger partial charge in [0, 0.05) is 26.1 Å². The summed E-state index contributed by atoms with van der Waals surface area (Å²) in [6, 6.07) is 17.5. The van der Waals surface area contributed by atoms with Crippen LogP contribution in [0.5, 0.6) is 0 Å². The number of likely N-dealkylation sites (tertiary alicyclic amines) is 1. The highest BCUT2D eigenvalue weighted by atomic mass is 35.5. The van der Waals surface area contributed by atoms with Gasteiger partial charge in [0.1, 0.15) is 0 Å². The van der Waals surface area contributed by atoms with Gasteiger partial charge in [0.15, 0.2) is 0 Å². The molecular weight excluding hydrogens is 384 g/mol. The van der Waals surface area contributed by atoms with Crippen LogP contribution < -0.4 is 5.32 Å². The van der Waals surface area contributed by atoms with Gasteiger partial charge in [-0.05, 0) is 55.7 Å². The van der Waals surface area contributed by atoms with Crippen molar-refractivity contribution >= 4 is 23.4 Å². The van der Waals surface area contributed by atoms with E-state index in [9.17, 15) is 9.59 Å². The van der Waals surface area contributed by atoms with Crippen molar-refractivity contribution < 1.29 is 9.59 Å². The molecule has 4 nitrogen and oxygen atoms in total. The van der Waals surface area contributed by atoms with Crippen molar-refractivity contribution in [3.05, 3.63) is 70.7 Å². The summed E-state index contributed by atoms with van der Waals surface area (Å²) in [5, 5.41) is 3.44. The summed E-state index contributed by atoms with van der Waals surface area (Å²) in [4.78, 5) is 26.9. The Morgan fingerprint density at radius 1 is 1.03 bits per heavy atom. The first-order chi connectivity index (χ1) is 14.1. The monoisotopic (exact) mass is 412 g/mol. The molecule has 1 N–H and O–H groups in total. The SMILES string of the molecule is O=C(NCC1CCCN(C(=O)CCCCc2ccccc2)C1)c1ccccc1Cl. The van der Waals surface area contributed by atoms with Gasteiger partial charge in [0.25, 0.3) is 5.91 Å². The third kappa shape index (κ3) is 6.60. The molecule has 0 aliphatic carbocycles. The zero-order valence-corrected chi connectivity index (χ0v) is 17.5. The van der Waals surface area contributed by atoms with Gasteiger partial charge in [-0.15, -0.1) is 0 Å². The van der Waals surface area contributed by atoms with E-state index < -0.39 is 0 Å². The number of aryl methyl sites for hydroxylation is 1. The largest absolute Gasteiger partial charge is 0.352 e. The second-order valence-electron chi connectivity index (χ2n) is 7.73. The number of hydrogen-bond acceptors (Lipinski definition) is 2. The summed E-state index contributed by atoms with van der Waals surface area (Å²) < 4.78 is 0. The number of benzene rings is 2. The maximum Gasteiger partial charge on any atom is 0.252 e. The zero-order valence-electron chi connectivity index (χ0n) is 16.8. The third-order valence-electron chi connectivity index (χ3n) is 5.49. The Hall–Kier alpha value is -2.33. The molecule has 1 atom stereocenters. The fraction of sp³-hybridized carbons (Fsp3) is 0.417. The molecule has 1 fully saturated rings.